The standard InChI is InChI=1S/C34H41BO3/c1-21-11-28(35-37-32(2,3)33(4,5)38-35)15-27-8-7-25(16-29(21)27)26-9-10-31(36-6)30(17-26)34-18-22-12-23(19-34)14-24(13-22)20-34/h7-11,15-17,22-24H,12-14,18-20H2,1-6H3. The molecule has 0 radical (unpaired) electrons. The van der Waals surface area contributed by atoms with E-state index in [0.717, 1.165) is 29.0 Å². The molecule has 3 aromatic rings. The molecule has 3 aromatic carbocycles. The van der Waals surface area contributed by atoms with Crippen LogP contribution in [0.5, 0.6) is 5.75 Å². The third-order valence-electron chi connectivity index (χ3n) is 10.9. The molecule has 4 bridgehead atoms. The Labute approximate surface area is 228 Å². The first-order chi connectivity index (χ1) is 18.1. The lowest BCUT2D eigenvalue weighted by molar-refractivity contribution is -0.00613. The summed E-state index contributed by atoms with van der Waals surface area (Å²) in [6, 6.07) is 18.3. The van der Waals surface area contributed by atoms with E-state index in [2.05, 4.69) is 83.1 Å². The van der Waals surface area contributed by atoms with Crippen LogP contribution < -0.4 is 10.2 Å². The predicted octanol–water partition coefficient (Wildman–Crippen LogP) is 7.59. The lowest BCUT2D eigenvalue weighted by Gasteiger charge is -2.57. The summed E-state index contributed by atoms with van der Waals surface area (Å²) in [5.74, 6) is 3.82. The quantitative estimate of drug-likeness (QED) is 0.340. The Morgan fingerprint density at radius 2 is 1.34 bits per heavy atom. The zero-order valence-corrected chi connectivity index (χ0v) is 23.9. The van der Waals surface area contributed by atoms with Gasteiger partial charge in [0.05, 0.1) is 18.3 Å². The maximum absolute atomic E-state index is 6.35. The number of fused-ring (bicyclic) bond motifs is 1. The summed E-state index contributed by atoms with van der Waals surface area (Å²) in [4.78, 5) is 0. The van der Waals surface area contributed by atoms with Crippen LogP contribution in [0.25, 0.3) is 21.9 Å². The highest BCUT2D eigenvalue weighted by Gasteiger charge is 2.53. The Hall–Kier alpha value is -2.30. The number of benzene rings is 3. The average Bonchev–Trinajstić information content (AvgIpc) is 3.09. The molecular formula is C34H41BO3. The maximum atomic E-state index is 6.35. The largest absolute Gasteiger partial charge is 0.496 e. The Morgan fingerprint density at radius 3 is 1.95 bits per heavy atom. The molecule has 0 atom stereocenters. The van der Waals surface area contributed by atoms with E-state index in [4.69, 9.17) is 14.0 Å². The molecule has 0 amide bonds. The molecule has 1 saturated heterocycles. The van der Waals surface area contributed by atoms with E-state index >= 15 is 0 Å². The SMILES string of the molecule is COc1ccc(-c2ccc3cc(B4OC(C)(C)C(C)(C)O4)cc(C)c3c2)cc1C12CC3CC(CC(C3)C1)C2. The first-order valence-corrected chi connectivity index (χ1v) is 14.6. The van der Waals surface area contributed by atoms with Crippen LogP contribution in [-0.4, -0.2) is 25.4 Å². The van der Waals surface area contributed by atoms with Crippen molar-refractivity contribution in [3.8, 4) is 16.9 Å². The maximum Gasteiger partial charge on any atom is 0.494 e. The van der Waals surface area contributed by atoms with Crippen molar-refractivity contribution in [2.24, 2.45) is 17.8 Å². The molecule has 3 nitrogen and oxygen atoms in total. The molecule has 5 fully saturated rings. The summed E-state index contributed by atoms with van der Waals surface area (Å²) >= 11 is 0. The number of methoxy groups -OCH3 is 1. The van der Waals surface area contributed by atoms with Gasteiger partial charge in [-0.25, -0.2) is 0 Å². The van der Waals surface area contributed by atoms with E-state index in [9.17, 15) is 0 Å². The number of ether oxygens (including phenoxy) is 1. The average molecular weight is 509 g/mol. The molecule has 0 spiro atoms. The van der Waals surface area contributed by atoms with Crippen molar-refractivity contribution in [1.29, 1.82) is 0 Å². The van der Waals surface area contributed by atoms with Gasteiger partial charge in [0.15, 0.2) is 0 Å². The fraction of sp³-hybridized carbons (Fsp3) is 0.529. The van der Waals surface area contributed by atoms with Crippen molar-refractivity contribution in [3.05, 3.63) is 59.7 Å². The zero-order valence-electron chi connectivity index (χ0n) is 23.9. The summed E-state index contributed by atoms with van der Waals surface area (Å²) in [6.45, 7) is 10.6. The van der Waals surface area contributed by atoms with Gasteiger partial charge in [-0.3, -0.25) is 0 Å². The fourth-order valence-corrected chi connectivity index (χ4v) is 8.61. The van der Waals surface area contributed by atoms with Gasteiger partial charge in [-0.1, -0.05) is 30.3 Å². The van der Waals surface area contributed by atoms with Crippen LogP contribution >= 0.6 is 0 Å². The first-order valence-electron chi connectivity index (χ1n) is 14.6. The Kier molecular flexibility index (Phi) is 5.43. The topological polar surface area (TPSA) is 27.7 Å². The smallest absolute Gasteiger partial charge is 0.494 e. The lowest BCUT2D eigenvalue weighted by Crippen LogP contribution is -2.48. The monoisotopic (exact) mass is 508 g/mol. The van der Waals surface area contributed by atoms with Crippen LogP contribution in [0, 0.1) is 24.7 Å². The summed E-state index contributed by atoms with van der Waals surface area (Å²) in [7, 11) is 1.50. The second kappa shape index (κ2) is 8.35. The third-order valence-corrected chi connectivity index (χ3v) is 10.9. The fourth-order valence-electron chi connectivity index (χ4n) is 8.61. The van der Waals surface area contributed by atoms with Crippen LogP contribution in [0.1, 0.15) is 77.3 Å². The second-order valence-electron chi connectivity index (χ2n) is 14.0. The minimum absolute atomic E-state index is 0.306. The van der Waals surface area contributed by atoms with Gasteiger partial charge in [0.1, 0.15) is 5.75 Å². The molecule has 0 unspecified atom stereocenters. The number of hydrogen-bond acceptors (Lipinski definition) is 3. The van der Waals surface area contributed by atoms with Crippen LogP contribution in [0.2, 0.25) is 0 Å². The van der Waals surface area contributed by atoms with E-state index < -0.39 is 0 Å². The highest BCUT2D eigenvalue weighted by molar-refractivity contribution is 6.62. The molecule has 8 rings (SSSR count). The van der Waals surface area contributed by atoms with Crippen molar-refractivity contribution in [2.45, 2.75) is 89.8 Å². The predicted molar refractivity (Wildman–Crippen MR) is 156 cm³/mol. The van der Waals surface area contributed by atoms with Gasteiger partial charge >= 0.3 is 7.12 Å². The molecule has 5 aliphatic rings. The molecule has 0 N–H and O–H groups in total. The van der Waals surface area contributed by atoms with Crippen molar-refractivity contribution < 1.29 is 14.0 Å². The molecular weight excluding hydrogens is 467 g/mol. The van der Waals surface area contributed by atoms with Gasteiger partial charge in [0.2, 0.25) is 0 Å². The van der Waals surface area contributed by atoms with Crippen molar-refractivity contribution in [1.82, 2.24) is 0 Å². The van der Waals surface area contributed by atoms with E-state index in [1.165, 1.54) is 71.6 Å². The van der Waals surface area contributed by atoms with E-state index in [1.54, 1.807) is 0 Å². The van der Waals surface area contributed by atoms with Gasteiger partial charge < -0.3 is 14.0 Å². The summed E-state index contributed by atoms with van der Waals surface area (Å²) in [6.07, 6.45) is 8.41. The first kappa shape index (κ1) is 24.7. The molecule has 1 heterocycles. The van der Waals surface area contributed by atoms with E-state index in [1.807, 2.05) is 7.11 Å². The summed E-state index contributed by atoms with van der Waals surface area (Å²) in [5, 5.41) is 2.52. The molecule has 4 heteroatoms. The van der Waals surface area contributed by atoms with Crippen LogP contribution in [0.4, 0.5) is 0 Å². The molecule has 4 saturated carbocycles. The van der Waals surface area contributed by atoms with Gasteiger partial charge in [0, 0.05) is 5.56 Å². The van der Waals surface area contributed by atoms with E-state index in [-0.39, 0.29) is 18.3 Å². The molecule has 4 aliphatic carbocycles. The second-order valence-corrected chi connectivity index (χ2v) is 14.0. The minimum atomic E-state index is -0.341. The van der Waals surface area contributed by atoms with Crippen molar-refractivity contribution in [3.63, 3.8) is 0 Å². The number of rotatable bonds is 4. The number of aryl methyl sites for hydroxylation is 1. The normalized spacial score (nSPS) is 30.8. The van der Waals surface area contributed by atoms with Crippen LogP contribution in [-0.2, 0) is 14.7 Å². The molecule has 1 aliphatic heterocycles. The Balaban J connectivity index is 1.25. The number of hydrogen-bond donors (Lipinski definition) is 0. The van der Waals surface area contributed by atoms with Gasteiger partial charge in [-0.2, -0.15) is 0 Å². The Morgan fingerprint density at radius 1 is 0.763 bits per heavy atom. The highest BCUT2D eigenvalue weighted by Crippen LogP contribution is 2.62. The van der Waals surface area contributed by atoms with Gasteiger partial charge in [-0.15, -0.1) is 0 Å². The summed E-state index contributed by atoms with van der Waals surface area (Å²) in [5.41, 5.74) is 6.01. The highest BCUT2D eigenvalue weighted by atomic mass is 16.7. The summed E-state index contributed by atoms with van der Waals surface area (Å²) < 4.78 is 18.7. The third kappa shape index (κ3) is 3.78. The molecule has 198 valence electrons. The van der Waals surface area contributed by atoms with Crippen molar-refractivity contribution >= 4 is 23.4 Å². The van der Waals surface area contributed by atoms with Crippen LogP contribution in [0.3, 0.4) is 0 Å². The van der Waals surface area contributed by atoms with Crippen LogP contribution in [0.15, 0.2) is 48.5 Å². The van der Waals surface area contributed by atoms with E-state index in [0.29, 0.717) is 5.41 Å². The Bertz CT molecular complexity index is 1370. The van der Waals surface area contributed by atoms with Gasteiger partial charge in [0.25, 0.3) is 0 Å². The van der Waals surface area contributed by atoms with Gasteiger partial charge in [-0.05, 0) is 147 Å². The molecule has 0 aromatic heterocycles. The lowest BCUT2D eigenvalue weighted by atomic mass is 9.48. The minimum Gasteiger partial charge on any atom is -0.496 e. The zero-order chi connectivity index (χ0) is 26.4. The van der Waals surface area contributed by atoms with Crippen molar-refractivity contribution in [2.75, 3.05) is 7.11 Å². The molecule has 38 heavy (non-hydrogen) atoms.